The maximum atomic E-state index is 13.4. The first kappa shape index (κ1) is 21.6. The van der Waals surface area contributed by atoms with E-state index in [9.17, 15) is 23.2 Å². The van der Waals surface area contributed by atoms with Gasteiger partial charge < -0.3 is 25.5 Å². The van der Waals surface area contributed by atoms with E-state index in [4.69, 9.17) is 5.73 Å². The van der Waals surface area contributed by atoms with Crippen LogP contribution in [-0.2, 0) is 10.2 Å². The summed E-state index contributed by atoms with van der Waals surface area (Å²) in [7, 11) is 0. The maximum absolute atomic E-state index is 13.4. The van der Waals surface area contributed by atoms with Gasteiger partial charge in [-0.05, 0) is 55.2 Å². The lowest BCUT2D eigenvalue weighted by Crippen LogP contribution is -2.28. The maximum Gasteiger partial charge on any atom is 0.586 e. The van der Waals surface area contributed by atoms with Crippen molar-refractivity contribution in [2.45, 2.75) is 31.5 Å². The monoisotopic (exact) mass is 468 g/mol. The molecule has 5 rings (SSSR count). The third-order valence-corrected chi connectivity index (χ3v) is 5.92. The zero-order valence-corrected chi connectivity index (χ0v) is 17.8. The molecule has 2 aliphatic rings. The fraction of sp³-hybridized carbons (Fsp3) is 0.217. The number of fused-ring (bicyclic) bond motifs is 1. The lowest BCUT2D eigenvalue weighted by Gasteiger charge is -2.17. The van der Waals surface area contributed by atoms with Crippen molar-refractivity contribution in [2.24, 2.45) is 5.73 Å². The number of hydrogen-bond donors (Lipinski definition) is 3. The van der Waals surface area contributed by atoms with E-state index in [2.05, 4.69) is 24.8 Å². The summed E-state index contributed by atoms with van der Waals surface area (Å²) in [6.07, 6.45) is -1.29. The van der Waals surface area contributed by atoms with Crippen molar-refractivity contribution in [3.05, 3.63) is 69.6 Å². The van der Waals surface area contributed by atoms with Crippen molar-refractivity contribution >= 4 is 17.6 Å². The summed E-state index contributed by atoms with van der Waals surface area (Å²) in [5.74, 6) is -1.19. The number of nitrogens with zero attached hydrogens (tertiary/aromatic N) is 1. The largest absolute Gasteiger partial charge is 0.586 e. The summed E-state index contributed by atoms with van der Waals surface area (Å²) < 4.78 is 35.6. The van der Waals surface area contributed by atoms with E-state index in [1.165, 1.54) is 24.4 Å². The van der Waals surface area contributed by atoms with Gasteiger partial charge in [-0.25, -0.2) is 4.98 Å². The van der Waals surface area contributed by atoms with Gasteiger partial charge in [0.25, 0.3) is 11.5 Å². The number of alkyl halides is 2. The Balaban J connectivity index is 1.42. The normalized spacial score (nSPS) is 16.7. The molecule has 3 aromatic rings. The molecule has 34 heavy (non-hydrogen) atoms. The highest BCUT2D eigenvalue weighted by Gasteiger charge is 2.53. The summed E-state index contributed by atoms with van der Waals surface area (Å²) >= 11 is 0. The average molecular weight is 468 g/mol. The van der Waals surface area contributed by atoms with Gasteiger partial charge in [0.15, 0.2) is 11.5 Å². The second-order valence-corrected chi connectivity index (χ2v) is 8.22. The van der Waals surface area contributed by atoms with Gasteiger partial charge in [-0.3, -0.25) is 14.4 Å². The van der Waals surface area contributed by atoms with Crippen LogP contribution >= 0.6 is 0 Å². The third-order valence-electron chi connectivity index (χ3n) is 5.92. The number of hydrogen-bond acceptors (Lipinski definition) is 6. The molecule has 1 aromatic carbocycles. The number of carbonyl (C=O) groups excluding carboxylic acids is 2. The number of amides is 2. The molecule has 174 valence electrons. The van der Waals surface area contributed by atoms with Gasteiger partial charge in [-0.2, -0.15) is 0 Å². The highest BCUT2D eigenvalue weighted by atomic mass is 19.3. The second-order valence-electron chi connectivity index (χ2n) is 8.22. The Bertz CT molecular complexity index is 1410. The number of aromatic nitrogens is 2. The molecular weight excluding hydrogens is 450 g/mol. The Morgan fingerprint density at radius 1 is 1.12 bits per heavy atom. The number of rotatable bonds is 5. The minimum atomic E-state index is -3.74. The number of aromatic amines is 1. The number of primary amides is 1. The Hall–Kier alpha value is -4.28. The zero-order valence-electron chi connectivity index (χ0n) is 17.8. The Labute approximate surface area is 190 Å². The fourth-order valence-electron chi connectivity index (χ4n) is 3.95. The zero-order chi connectivity index (χ0) is 24.3. The molecule has 1 fully saturated rings. The average Bonchev–Trinajstić information content (AvgIpc) is 3.52. The number of H-pyrrole nitrogens is 1. The minimum absolute atomic E-state index is 0.0916. The number of nitrogens with one attached hydrogen (secondary N) is 2. The second kappa shape index (κ2) is 7.37. The molecule has 1 saturated carbocycles. The number of carbonyl (C=O) groups is 2. The quantitative estimate of drug-likeness (QED) is 0.527. The van der Waals surface area contributed by atoms with Crippen LogP contribution in [0.5, 0.6) is 11.5 Å². The number of halogens is 2. The number of benzene rings is 1. The fourth-order valence-corrected chi connectivity index (χ4v) is 3.95. The molecule has 4 N–H and O–H groups in total. The third kappa shape index (κ3) is 3.64. The summed E-state index contributed by atoms with van der Waals surface area (Å²) in [5, 5.41) is 2.78. The molecule has 9 nitrogen and oxygen atoms in total. The van der Waals surface area contributed by atoms with Gasteiger partial charge in [0, 0.05) is 11.8 Å². The molecule has 2 aromatic heterocycles. The summed E-state index contributed by atoms with van der Waals surface area (Å²) in [4.78, 5) is 43.4. The van der Waals surface area contributed by atoms with E-state index >= 15 is 0 Å². The topological polar surface area (TPSA) is 136 Å². The molecule has 0 unspecified atom stereocenters. The first-order valence-electron chi connectivity index (χ1n) is 10.3. The molecule has 0 bridgehead atoms. The van der Waals surface area contributed by atoms with Crippen molar-refractivity contribution in [1.29, 1.82) is 0 Å². The Kier molecular flexibility index (Phi) is 4.67. The van der Waals surface area contributed by atoms with Gasteiger partial charge in [-0.15, -0.1) is 8.78 Å². The summed E-state index contributed by atoms with van der Waals surface area (Å²) in [5.41, 5.74) is 5.68. The number of aryl methyl sites for hydroxylation is 1. The first-order chi connectivity index (χ1) is 16.1. The number of ether oxygens (including phenoxy) is 2. The minimum Gasteiger partial charge on any atom is -0.395 e. The number of pyridine rings is 2. The molecule has 0 atom stereocenters. The SMILES string of the molecule is Cc1ccc(NC(=O)C2(c3ccc4c(c3)OC(F)(F)O4)CC2)nc1-c1c[nH]c(=O)c(C(N)=O)c1. The van der Waals surface area contributed by atoms with E-state index in [-0.39, 0.29) is 28.8 Å². The van der Waals surface area contributed by atoms with Crippen LogP contribution in [-0.4, -0.2) is 28.1 Å². The van der Waals surface area contributed by atoms with Crippen molar-refractivity contribution in [3.63, 3.8) is 0 Å². The highest BCUT2D eigenvalue weighted by Crippen LogP contribution is 2.52. The predicted molar refractivity (Wildman–Crippen MR) is 116 cm³/mol. The summed E-state index contributed by atoms with van der Waals surface area (Å²) in [6.45, 7) is 1.79. The van der Waals surface area contributed by atoms with Crippen LogP contribution < -0.4 is 26.1 Å². The number of nitrogens with two attached hydrogens (primary N) is 1. The van der Waals surface area contributed by atoms with E-state index in [1.54, 1.807) is 25.1 Å². The van der Waals surface area contributed by atoms with Gasteiger partial charge in [0.2, 0.25) is 5.91 Å². The molecule has 11 heteroatoms. The first-order valence-corrected chi connectivity index (χ1v) is 10.3. The Morgan fingerprint density at radius 2 is 1.85 bits per heavy atom. The lowest BCUT2D eigenvalue weighted by molar-refractivity contribution is -0.286. The Morgan fingerprint density at radius 3 is 2.56 bits per heavy atom. The molecule has 0 saturated heterocycles. The van der Waals surface area contributed by atoms with Crippen LogP contribution in [0, 0.1) is 6.92 Å². The van der Waals surface area contributed by atoms with E-state index in [1.807, 2.05) is 0 Å². The van der Waals surface area contributed by atoms with E-state index in [0.717, 1.165) is 5.56 Å². The molecule has 3 heterocycles. The van der Waals surface area contributed by atoms with Gasteiger partial charge in [0.05, 0.1) is 11.1 Å². The van der Waals surface area contributed by atoms with Gasteiger partial charge in [-0.1, -0.05) is 12.1 Å². The van der Waals surface area contributed by atoms with Crippen LogP contribution in [0.3, 0.4) is 0 Å². The van der Waals surface area contributed by atoms with Crippen LogP contribution in [0.1, 0.15) is 34.3 Å². The van der Waals surface area contributed by atoms with Crippen LogP contribution in [0.4, 0.5) is 14.6 Å². The molecule has 0 radical (unpaired) electrons. The van der Waals surface area contributed by atoms with Crippen molar-refractivity contribution < 1.29 is 27.8 Å². The molecule has 2 amide bonds. The molecule has 1 aliphatic carbocycles. The van der Waals surface area contributed by atoms with Crippen molar-refractivity contribution in [1.82, 2.24) is 9.97 Å². The van der Waals surface area contributed by atoms with E-state index in [0.29, 0.717) is 29.7 Å². The van der Waals surface area contributed by atoms with Crippen LogP contribution in [0.15, 0.2) is 47.4 Å². The van der Waals surface area contributed by atoms with Gasteiger partial charge in [0.1, 0.15) is 11.4 Å². The highest BCUT2D eigenvalue weighted by molar-refractivity contribution is 6.01. The van der Waals surface area contributed by atoms with Crippen molar-refractivity contribution in [3.8, 4) is 22.8 Å². The van der Waals surface area contributed by atoms with E-state index < -0.39 is 23.2 Å². The van der Waals surface area contributed by atoms with Crippen molar-refractivity contribution in [2.75, 3.05) is 5.32 Å². The summed E-state index contributed by atoms with van der Waals surface area (Å²) in [6, 6.07) is 9.00. The lowest BCUT2D eigenvalue weighted by atomic mass is 9.94. The standard InChI is InChI=1S/C23H18F2N4O5/c1-11-2-5-17(28-18(11)12-8-14(19(26)30)20(31)27-10-12)29-21(32)22(6-7-22)13-3-4-15-16(9-13)34-23(24,25)33-15/h2-5,8-10H,6-7H2,1H3,(H2,26,30)(H,27,31)(H,28,29,32). The predicted octanol–water partition coefficient (Wildman–Crippen LogP) is 2.84. The van der Waals surface area contributed by atoms with Crippen LogP contribution in [0.2, 0.25) is 0 Å². The van der Waals surface area contributed by atoms with Gasteiger partial charge >= 0.3 is 6.29 Å². The molecule has 0 spiro atoms. The smallest absolute Gasteiger partial charge is 0.395 e. The molecular formula is C23H18F2N4O5. The van der Waals surface area contributed by atoms with Crippen LogP contribution in [0.25, 0.3) is 11.3 Å². The molecule has 1 aliphatic heterocycles. The number of anilines is 1.